The van der Waals surface area contributed by atoms with Crippen molar-refractivity contribution in [1.29, 1.82) is 0 Å². The molecule has 1 aromatic carbocycles. The van der Waals surface area contributed by atoms with Gasteiger partial charge in [0.2, 0.25) is 5.91 Å². The maximum atomic E-state index is 12.1. The minimum absolute atomic E-state index is 0.0169. The van der Waals surface area contributed by atoms with Crippen molar-refractivity contribution in [2.75, 3.05) is 13.2 Å². The van der Waals surface area contributed by atoms with Gasteiger partial charge in [-0.3, -0.25) is 9.59 Å². The number of rotatable bonds is 9. The highest BCUT2D eigenvalue weighted by molar-refractivity contribution is 5.96. The highest BCUT2D eigenvalue weighted by atomic mass is 16.5. The molecule has 1 aliphatic rings. The Morgan fingerprint density at radius 2 is 1.92 bits per heavy atom. The monoisotopic (exact) mass is 346 g/mol. The van der Waals surface area contributed by atoms with Crippen LogP contribution >= 0.6 is 0 Å². The molecular weight excluding hydrogens is 316 g/mol. The van der Waals surface area contributed by atoms with E-state index in [0.29, 0.717) is 18.1 Å². The predicted octanol–water partition coefficient (Wildman–Crippen LogP) is 3.29. The topological polar surface area (TPSA) is 67.4 Å². The summed E-state index contributed by atoms with van der Waals surface area (Å²) in [6.45, 7) is 4.71. The molecule has 1 saturated carbocycles. The Bertz CT molecular complexity index is 557. The Hall–Kier alpha value is -2.04. The van der Waals surface area contributed by atoms with Crippen LogP contribution in [0.5, 0.6) is 5.75 Å². The summed E-state index contributed by atoms with van der Waals surface area (Å²) in [5, 5.41) is 5.79. The van der Waals surface area contributed by atoms with Crippen LogP contribution in [-0.4, -0.2) is 31.0 Å². The third kappa shape index (κ3) is 6.07. The Kier molecular flexibility index (Phi) is 7.76. The lowest BCUT2D eigenvalue weighted by Gasteiger charge is -2.21. The lowest BCUT2D eigenvalue weighted by molar-refractivity contribution is -0.121. The number of carbonyl (C=O) groups excluding carboxylic acids is 2. The van der Waals surface area contributed by atoms with E-state index in [1.54, 1.807) is 24.3 Å². The standard InChI is InChI=1S/C20H30N2O3/c1-3-5-7-15-8-6-9-18(15)22-19(23)14-21-20(24)16-10-12-17(13-11-16)25-4-2/h10-13,15,18H,3-9,14H2,1-2H3,(H,21,24)(H,22,23). The summed E-state index contributed by atoms with van der Waals surface area (Å²) in [7, 11) is 0. The van der Waals surface area contributed by atoms with E-state index >= 15 is 0 Å². The minimum Gasteiger partial charge on any atom is -0.494 e. The van der Waals surface area contributed by atoms with Gasteiger partial charge in [-0.15, -0.1) is 0 Å². The molecule has 5 heteroatoms. The van der Waals surface area contributed by atoms with Crippen molar-refractivity contribution in [1.82, 2.24) is 10.6 Å². The molecule has 2 N–H and O–H groups in total. The average Bonchev–Trinajstić information content (AvgIpc) is 3.05. The van der Waals surface area contributed by atoms with Crippen molar-refractivity contribution in [3.05, 3.63) is 29.8 Å². The number of unbranched alkanes of at least 4 members (excludes halogenated alkanes) is 1. The number of carbonyl (C=O) groups is 2. The number of ether oxygens (including phenoxy) is 1. The normalized spacial score (nSPS) is 19.4. The fourth-order valence-electron chi connectivity index (χ4n) is 3.43. The van der Waals surface area contributed by atoms with Crippen molar-refractivity contribution >= 4 is 11.8 Å². The van der Waals surface area contributed by atoms with Gasteiger partial charge in [-0.1, -0.05) is 26.2 Å². The molecule has 138 valence electrons. The highest BCUT2D eigenvalue weighted by Crippen LogP contribution is 2.29. The van der Waals surface area contributed by atoms with Crippen molar-refractivity contribution < 1.29 is 14.3 Å². The van der Waals surface area contributed by atoms with Gasteiger partial charge in [0.05, 0.1) is 13.2 Å². The molecule has 0 aliphatic heterocycles. The molecule has 5 nitrogen and oxygen atoms in total. The van der Waals surface area contributed by atoms with E-state index in [-0.39, 0.29) is 24.4 Å². The average molecular weight is 346 g/mol. The lowest BCUT2D eigenvalue weighted by atomic mass is 9.97. The maximum absolute atomic E-state index is 12.1. The Morgan fingerprint density at radius 3 is 2.60 bits per heavy atom. The highest BCUT2D eigenvalue weighted by Gasteiger charge is 2.27. The molecule has 0 saturated heterocycles. The number of hydrogen-bond donors (Lipinski definition) is 2. The number of benzene rings is 1. The van der Waals surface area contributed by atoms with Crippen LogP contribution in [0.3, 0.4) is 0 Å². The van der Waals surface area contributed by atoms with Gasteiger partial charge in [-0.25, -0.2) is 0 Å². The molecule has 0 radical (unpaired) electrons. The van der Waals surface area contributed by atoms with Crippen LogP contribution in [0.1, 0.15) is 62.7 Å². The van der Waals surface area contributed by atoms with Crippen molar-refractivity contribution in [2.45, 2.75) is 58.4 Å². The molecule has 0 heterocycles. The molecule has 2 rings (SSSR count). The number of nitrogens with one attached hydrogen (secondary N) is 2. The number of amides is 2. The van der Waals surface area contributed by atoms with Crippen LogP contribution in [0.25, 0.3) is 0 Å². The first-order chi connectivity index (χ1) is 12.1. The van der Waals surface area contributed by atoms with Crippen molar-refractivity contribution in [2.24, 2.45) is 5.92 Å². The van der Waals surface area contributed by atoms with Gasteiger partial charge in [-0.05, 0) is 56.4 Å². The Morgan fingerprint density at radius 1 is 1.16 bits per heavy atom. The lowest BCUT2D eigenvalue weighted by Crippen LogP contribution is -2.43. The summed E-state index contributed by atoms with van der Waals surface area (Å²) in [5.74, 6) is 0.974. The maximum Gasteiger partial charge on any atom is 0.251 e. The molecule has 1 aliphatic carbocycles. The van der Waals surface area contributed by atoms with E-state index in [0.717, 1.165) is 12.2 Å². The molecule has 0 aromatic heterocycles. The summed E-state index contributed by atoms with van der Waals surface area (Å²) in [6, 6.07) is 7.19. The molecule has 2 unspecified atom stereocenters. The van der Waals surface area contributed by atoms with Crippen molar-refractivity contribution in [3.8, 4) is 5.75 Å². The van der Waals surface area contributed by atoms with E-state index in [9.17, 15) is 9.59 Å². The third-order valence-electron chi connectivity index (χ3n) is 4.77. The summed E-state index contributed by atoms with van der Waals surface area (Å²) in [6.07, 6.45) is 7.01. The zero-order chi connectivity index (χ0) is 18.1. The molecular formula is C20H30N2O3. The number of hydrogen-bond acceptors (Lipinski definition) is 3. The first kappa shape index (κ1) is 19.3. The summed E-state index contributed by atoms with van der Waals surface area (Å²) in [4.78, 5) is 24.3. The molecule has 0 bridgehead atoms. The van der Waals surface area contributed by atoms with Crippen LogP contribution < -0.4 is 15.4 Å². The SMILES string of the molecule is CCCCC1CCCC1NC(=O)CNC(=O)c1ccc(OCC)cc1. The van der Waals surface area contributed by atoms with Gasteiger partial charge in [0, 0.05) is 11.6 Å². The summed E-state index contributed by atoms with van der Waals surface area (Å²) < 4.78 is 5.36. The molecule has 2 amide bonds. The van der Waals surface area contributed by atoms with Crippen LogP contribution in [0.15, 0.2) is 24.3 Å². The van der Waals surface area contributed by atoms with E-state index in [1.165, 1.54) is 32.1 Å². The fourth-order valence-corrected chi connectivity index (χ4v) is 3.43. The Labute approximate surface area is 150 Å². The van der Waals surface area contributed by atoms with Crippen LogP contribution in [0, 0.1) is 5.92 Å². The molecule has 1 fully saturated rings. The van der Waals surface area contributed by atoms with Gasteiger partial charge in [0.1, 0.15) is 5.75 Å². The van der Waals surface area contributed by atoms with Gasteiger partial charge in [-0.2, -0.15) is 0 Å². The zero-order valence-corrected chi connectivity index (χ0v) is 15.3. The van der Waals surface area contributed by atoms with E-state index in [4.69, 9.17) is 4.74 Å². The third-order valence-corrected chi connectivity index (χ3v) is 4.77. The van der Waals surface area contributed by atoms with E-state index < -0.39 is 0 Å². The molecule has 2 atom stereocenters. The fraction of sp³-hybridized carbons (Fsp3) is 0.600. The van der Waals surface area contributed by atoms with Gasteiger partial charge in [0.25, 0.3) is 5.91 Å². The largest absolute Gasteiger partial charge is 0.494 e. The molecule has 0 spiro atoms. The molecule has 25 heavy (non-hydrogen) atoms. The van der Waals surface area contributed by atoms with Crippen molar-refractivity contribution in [3.63, 3.8) is 0 Å². The summed E-state index contributed by atoms with van der Waals surface area (Å²) in [5.41, 5.74) is 0.526. The Balaban J connectivity index is 1.76. The smallest absolute Gasteiger partial charge is 0.251 e. The second-order valence-electron chi connectivity index (χ2n) is 6.65. The van der Waals surface area contributed by atoms with Gasteiger partial charge < -0.3 is 15.4 Å². The first-order valence-corrected chi connectivity index (χ1v) is 9.44. The predicted molar refractivity (Wildman–Crippen MR) is 98.7 cm³/mol. The zero-order valence-electron chi connectivity index (χ0n) is 15.3. The van der Waals surface area contributed by atoms with E-state index in [2.05, 4.69) is 17.6 Å². The van der Waals surface area contributed by atoms with Crippen LogP contribution in [0.4, 0.5) is 0 Å². The minimum atomic E-state index is -0.243. The summed E-state index contributed by atoms with van der Waals surface area (Å²) >= 11 is 0. The first-order valence-electron chi connectivity index (χ1n) is 9.44. The van der Waals surface area contributed by atoms with E-state index in [1.807, 2.05) is 6.92 Å². The van der Waals surface area contributed by atoms with Gasteiger partial charge in [0.15, 0.2) is 0 Å². The molecule has 1 aromatic rings. The second kappa shape index (κ2) is 10.1. The second-order valence-corrected chi connectivity index (χ2v) is 6.65. The van der Waals surface area contributed by atoms with Crippen LogP contribution in [0.2, 0.25) is 0 Å². The quantitative estimate of drug-likeness (QED) is 0.721. The van der Waals surface area contributed by atoms with Crippen LogP contribution in [-0.2, 0) is 4.79 Å². The van der Waals surface area contributed by atoms with Gasteiger partial charge >= 0.3 is 0 Å².